The first-order chi connectivity index (χ1) is 9.67. The van der Waals surface area contributed by atoms with Crippen molar-refractivity contribution in [3.8, 4) is 5.75 Å². The van der Waals surface area contributed by atoms with E-state index in [1.165, 1.54) is 5.39 Å². The summed E-state index contributed by atoms with van der Waals surface area (Å²) >= 11 is 3.51. The van der Waals surface area contributed by atoms with Gasteiger partial charge in [0.05, 0.1) is 19.2 Å². The molecule has 2 aromatic carbocycles. The zero-order chi connectivity index (χ0) is 14.1. The highest BCUT2D eigenvalue weighted by molar-refractivity contribution is 9.10. The van der Waals surface area contributed by atoms with E-state index in [-0.39, 0.29) is 0 Å². The van der Waals surface area contributed by atoms with Gasteiger partial charge in [-0.2, -0.15) is 0 Å². The maximum Gasteiger partial charge on any atom is 0.123 e. The second-order valence-corrected chi connectivity index (χ2v) is 5.63. The molecule has 0 amide bonds. The molecule has 0 saturated carbocycles. The summed E-state index contributed by atoms with van der Waals surface area (Å²) in [5.41, 5.74) is 8.91. The van der Waals surface area contributed by atoms with Crippen molar-refractivity contribution in [2.24, 2.45) is 0 Å². The number of halogens is 1. The molecule has 4 heteroatoms. The molecule has 0 unspecified atom stereocenters. The Morgan fingerprint density at radius 1 is 1.15 bits per heavy atom. The number of nitrogens with two attached hydrogens (primary N) is 1. The van der Waals surface area contributed by atoms with Crippen LogP contribution in [0.1, 0.15) is 5.56 Å². The fraction of sp³-hybridized carbons (Fsp3) is 0.125. The van der Waals surface area contributed by atoms with Crippen molar-refractivity contribution in [2.75, 3.05) is 12.8 Å². The van der Waals surface area contributed by atoms with Gasteiger partial charge >= 0.3 is 0 Å². The van der Waals surface area contributed by atoms with Crippen LogP contribution in [0.25, 0.3) is 10.9 Å². The Morgan fingerprint density at radius 2 is 2.00 bits per heavy atom. The number of ether oxygens (including phenoxy) is 1. The van der Waals surface area contributed by atoms with E-state index in [2.05, 4.69) is 38.8 Å². The predicted molar refractivity (Wildman–Crippen MR) is 86.1 cm³/mol. The van der Waals surface area contributed by atoms with Crippen LogP contribution in [0.15, 0.2) is 53.1 Å². The first-order valence-electron chi connectivity index (χ1n) is 6.34. The molecule has 2 N–H and O–H groups in total. The summed E-state index contributed by atoms with van der Waals surface area (Å²) in [6, 6.07) is 14.1. The topological polar surface area (TPSA) is 40.2 Å². The number of rotatable bonds is 3. The quantitative estimate of drug-likeness (QED) is 0.736. The van der Waals surface area contributed by atoms with Gasteiger partial charge in [-0.15, -0.1) is 0 Å². The lowest BCUT2D eigenvalue weighted by molar-refractivity contribution is 0.408. The van der Waals surface area contributed by atoms with Gasteiger partial charge in [-0.3, -0.25) is 0 Å². The van der Waals surface area contributed by atoms with Gasteiger partial charge in [-0.05, 0) is 41.8 Å². The van der Waals surface area contributed by atoms with Crippen LogP contribution in [0.4, 0.5) is 5.69 Å². The molecule has 0 atom stereocenters. The van der Waals surface area contributed by atoms with Crippen LogP contribution in [0.5, 0.6) is 5.75 Å². The maximum atomic E-state index is 5.88. The van der Waals surface area contributed by atoms with E-state index in [1.807, 2.05) is 30.3 Å². The maximum absolute atomic E-state index is 5.88. The van der Waals surface area contributed by atoms with Crippen LogP contribution in [0, 0.1) is 0 Å². The van der Waals surface area contributed by atoms with E-state index < -0.39 is 0 Å². The van der Waals surface area contributed by atoms with Crippen molar-refractivity contribution in [1.82, 2.24) is 4.57 Å². The minimum atomic E-state index is 0.746. The first-order valence-corrected chi connectivity index (χ1v) is 7.13. The second kappa shape index (κ2) is 5.21. The molecular formula is C16H15BrN2O. The van der Waals surface area contributed by atoms with Gasteiger partial charge in [0.2, 0.25) is 0 Å². The van der Waals surface area contributed by atoms with Crippen LogP contribution >= 0.6 is 15.9 Å². The van der Waals surface area contributed by atoms with Gasteiger partial charge in [0.25, 0.3) is 0 Å². The molecule has 0 fully saturated rings. The van der Waals surface area contributed by atoms with Gasteiger partial charge < -0.3 is 15.0 Å². The molecule has 0 aliphatic rings. The zero-order valence-corrected chi connectivity index (χ0v) is 12.7. The van der Waals surface area contributed by atoms with Gasteiger partial charge in [-0.25, -0.2) is 0 Å². The summed E-state index contributed by atoms with van der Waals surface area (Å²) in [6.07, 6.45) is 2.07. The molecule has 3 nitrogen and oxygen atoms in total. The third-order valence-electron chi connectivity index (χ3n) is 3.38. The third kappa shape index (κ3) is 2.39. The predicted octanol–water partition coefficient (Wildman–Crippen LogP) is 4.04. The van der Waals surface area contributed by atoms with Gasteiger partial charge in [-0.1, -0.05) is 22.0 Å². The van der Waals surface area contributed by atoms with Crippen molar-refractivity contribution in [3.05, 3.63) is 58.7 Å². The number of nitrogens with zero attached hydrogens (tertiary/aromatic N) is 1. The van der Waals surface area contributed by atoms with E-state index in [1.54, 1.807) is 7.11 Å². The van der Waals surface area contributed by atoms with Gasteiger partial charge in [0.1, 0.15) is 5.75 Å². The van der Waals surface area contributed by atoms with E-state index in [4.69, 9.17) is 10.5 Å². The highest BCUT2D eigenvalue weighted by Gasteiger charge is 2.07. The summed E-state index contributed by atoms with van der Waals surface area (Å²) in [6.45, 7) is 0.746. The number of nitrogen functional groups attached to an aromatic ring is 1. The molecule has 0 aliphatic heterocycles. The number of fused-ring (bicyclic) bond motifs is 1. The molecule has 0 bridgehead atoms. The largest absolute Gasteiger partial charge is 0.496 e. The molecule has 0 saturated heterocycles. The van der Waals surface area contributed by atoms with Gasteiger partial charge in [0, 0.05) is 21.9 Å². The van der Waals surface area contributed by atoms with Crippen LogP contribution < -0.4 is 10.5 Å². The number of hydrogen-bond acceptors (Lipinski definition) is 2. The summed E-state index contributed by atoms with van der Waals surface area (Å²) in [5, 5.41) is 1.19. The molecule has 1 aromatic heterocycles. The fourth-order valence-electron chi connectivity index (χ4n) is 2.39. The number of anilines is 1. The number of aromatic nitrogens is 1. The molecule has 0 spiro atoms. The Morgan fingerprint density at radius 3 is 2.80 bits per heavy atom. The fourth-order valence-corrected chi connectivity index (χ4v) is 2.80. The lowest BCUT2D eigenvalue weighted by Crippen LogP contribution is -2.01. The first kappa shape index (κ1) is 13.1. The molecule has 3 rings (SSSR count). The molecule has 0 radical (unpaired) electrons. The summed E-state index contributed by atoms with van der Waals surface area (Å²) in [5.74, 6) is 0.888. The smallest absolute Gasteiger partial charge is 0.123 e. The van der Waals surface area contributed by atoms with E-state index >= 15 is 0 Å². The standard InChI is InChI=1S/C16H15BrN2O/c1-20-16-5-3-13(17)8-12(16)10-19-7-6-11-2-4-14(18)9-15(11)19/h2-9H,10,18H2,1H3. The van der Waals surface area contributed by atoms with Crippen molar-refractivity contribution >= 4 is 32.5 Å². The minimum Gasteiger partial charge on any atom is -0.496 e. The van der Waals surface area contributed by atoms with Crippen LogP contribution in [0.3, 0.4) is 0 Å². The number of hydrogen-bond donors (Lipinski definition) is 1. The van der Waals surface area contributed by atoms with Crippen molar-refractivity contribution in [3.63, 3.8) is 0 Å². The average Bonchev–Trinajstić information content (AvgIpc) is 2.82. The Hall–Kier alpha value is -1.94. The average molecular weight is 331 g/mol. The monoisotopic (exact) mass is 330 g/mol. The Balaban J connectivity index is 2.05. The number of benzene rings is 2. The SMILES string of the molecule is COc1ccc(Br)cc1Cn1ccc2ccc(N)cc21. The molecule has 20 heavy (non-hydrogen) atoms. The van der Waals surface area contributed by atoms with E-state index in [9.17, 15) is 0 Å². The highest BCUT2D eigenvalue weighted by atomic mass is 79.9. The summed E-state index contributed by atoms with van der Waals surface area (Å²) in [4.78, 5) is 0. The highest BCUT2D eigenvalue weighted by Crippen LogP contribution is 2.26. The van der Waals surface area contributed by atoms with Gasteiger partial charge in [0.15, 0.2) is 0 Å². The third-order valence-corrected chi connectivity index (χ3v) is 3.87. The van der Waals surface area contributed by atoms with Crippen molar-refractivity contribution in [1.29, 1.82) is 0 Å². The van der Waals surface area contributed by atoms with Crippen LogP contribution in [0.2, 0.25) is 0 Å². The van der Waals surface area contributed by atoms with E-state index in [0.717, 1.165) is 33.5 Å². The second-order valence-electron chi connectivity index (χ2n) is 4.72. The van der Waals surface area contributed by atoms with Crippen molar-refractivity contribution in [2.45, 2.75) is 6.54 Å². The molecular weight excluding hydrogens is 316 g/mol. The normalized spacial score (nSPS) is 10.9. The molecule has 1 heterocycles. The molecule has 0 aliphatic carbocycles. The lowest BCUT2D eigenvalue weighted by atomic mass is 10.2. The van der Waals surface area contributed by atoms with Crippen molar-refractivity contribution < 1.29 is 4.74 Å². The Labute approximate surface area is 126 Å². The summed E-state index contributed by atoms with van der Waals surface area (Å²) in [7, 11) is 1.69. The Kier molecular flexibility index (Phi) is 3.40. The van der Waals surface area contributed by atoms with E-state index in [0.29, 0.717) is 0 Å². The summed E-state index contributed by atoms with van der Waals surface area (Å²) < 4.78 is 8.65. The van der Waals surface area contributed by atoms with Crippen LogP contribution in [-0.4, -0.2) is 11.7 Å². The Bertz CT molecular complexity index is 764. The zero-order valence-electron chi connectivity index (χ0n) is 11.1. The minimum absolute atomic E-state index is 0.746. The number of methoxy groups -OCH3 is 1. The molecule has 102 valence electrons. The molecule has 3 aromatic rings. The van der Waals surface area contributed by atoms with Crippen LogP contribution in [-0.2, 0) is 6.54 Å². The lowest BCUT2D eigenvalue weighted by Gasteiger charge is -2.11.